The molecule has 0 unspecified atom stereocenters. The van der Waals surface area contributed by atoms with E-state index in [1.807, 2.05) is 60.7 Å². The smallest absolute Gasteiger partial charge is 0.408 e. The summed E-state index contributed by atoms with van der Waals surface area (Å²) in [5.41, 5.74) is 10.2. The van der Waals surface area contributed by atoms with Crippen LogP contribution in [-0.2, 0) is 27.5 Å². The normalized spacial score (nSPS) is 17.9. The Kier molecular flexibility index (Phi) is 7.69. The summed E-state index contributed by atoms with van der Waals surface area (Å²) in [6, 6.07) is 17.8. The molecule has 2 aromatic rings. The van der Waals surface area contributed by atoms with Gasteiger partial charge in [0, 0.05) is 11.5 Å². The van der Waals surface area contributed by atoms with Crippen molar-refractivity contribution in [3.05, 3.63) is 82.2 Å². The van der Waals surface area contributed by atoms with Gasteiger partial charge >= 0.3 is 12.1 Å². The summed E-state index contributed by atoms with van der Waals surface area (Å²) in [5, 5.41) is 6.22. The molecule has 0 bridgehead atoms. The molecule has 3 atom stereocenters. The van der Waals surface area contributed by atoms with Crippen molar-refractivity contribution in [1.82, 2.24) is 5.32 Å². The third kappa shape index (κ3) is 6.83. The van der Waals surface area contributed by atoms with Gasteiger partial charge in [0.15, 0.2) is 0 Å². The van der Waals surface area contributed by atoms with Crippen LogP contribution in [0.1, 0.15) is 24.0 Å². The molecule has 0 aromatic heterocycles. The molecule has 2 aromatic carbocycles. The number of carbonyl (C=O) groups is 2. The molecule has 1 aliphatic carbocycles. The molecule has 8 heteroatoms. The van der Waals surface area contributed by atoms with E-state index in [9.17, 15) is 9.59 Å². The van der Waals surface area contributed by atoms with Gasteiger partial charge in [-0.25, -0.2) is 9.59 Å². The zero-order valence-electron chi connectivity index (χ0n) is 16.5. The van der Waals surface area contributed by atoms with Crippen LogP contribution in [0.3, 0.4) is 0 Å². The largest absolute Gasteiger partial charge is 0.459 e. The molecular weight excluding hydrogens is 384 g/mol. The Bertz CT molecular complexity index is 885. The van der Waals surface area contributed by atoms with Gasteiger partial charge < -0.3 is 14.8 Å². The Morgan fingerprint density at radius 3 is 2.20 bits per heavy atom. The molecule has 156 valence electrons. The van der Waals surface area contributed by atoms with Crippen LogP contribution in [0.2, 0.25) is 0 Å². The van der Waals surface area contributed by atoms with Crippen LogP contribution >= 0.6 is 0 Å². The van der Waals surface area contributed by atoms with Crippen LogP contribution in [0.15, 0.2) is 65.8 Å². The fourth-order valence-electron chi connectivity index (χ4n) is 3.22. The number of rotatable bonds is 10. The molecule has 0 saturated heterocycles. The monoisotopic (exact) mass is 408 g/mol. The molecule has 0 spiro atoms. The Balaban J connectivity index is 1.54. The zero-order chi connectivity index (χ0) is 21.2. The summed E-state index contributed by atoms with van der Waals surface area (Å²) in [6.07, 6.45) is 0.592. The van der Waals surface area contributed by atoms with Gasteiger partial charge in [0.05, 0.1) is 0 Å². The lowest BCUT2D eigenvalue weighted by Gasteiger charge is -2.18. The molecule has 8 nitrogen and oxygen atoms in total. The number of azide groups is 1. The highest BCUT2D eigenvalue weighted by molar-refractivity contribution is 5.81. The lowest BCUT2D eigenvalue weighted by Crippen LogP contribution is -2.42. The lowest BCUT2D eigenvalue weighted by molar-refractivity contribution is -0.147. The molecule has 1 amide bonds. The van der Waals surface area contributed by atoms with Gasteiger partial charge in [0.1, 0.15) is 19.3 Å². The molecule has 0 aliphatic heterocycles. The molecule has 1 aliphatic rings. The second kappa shape index (κ2) is 10.9. The number of amides is 1. The van der Waals surface area contributed by atoms with Crippen molar-refractivity contribution in [3.8, 4) is 0 Å². The van der Waals surface area contributed by atoms with Crippen LogP contribution in [0.25, 0.3) is 10.4 Å². The molecule has 0 heterocycles. The van der Waals surface area contributed by atoms with Crippen molar-refractivity contribution in [3.63, 3.8) is 0 Å². The van der Waals surface area contributed by atoms with Crippen molar-refractivity contribution in [1.29, 1.82) is 0 Å². The summed E-state index contributed by atoms with van der Waals surface area (Å²) in [4.78, 5) is 27.7. The second-order valence-corrected chi connectivity index (χ2v) is 7.26. The van der Waals surface area contributed by atoms with E-state index in [0.29, 0.717) is 13.0 Å². The fraction of sp³-hybridized carbons (Fsp3) is 0.364. The van der Waals surface area contributed by atoms with Gasteiger partial charge in [-0.2, -0.15) is 0 Å². The van der Waals surface area contributed by atoms with Gasteiger partial charge in [-0.15, -0.1) is 0 Å². The van der Waals surface area contributed by atoms with Crippen LogP contribution in [0.4, 0.5) is 4.79 Å². The first-order valence-electron chi connectivity index (χ1n) is 9.84. The average molecular weight is 408 g/mol. The Morgan fingerprint density at radius 1 is 1.00 bits per heavy atom. The Morgan fingerprint density at radius 2 is 1.60 bits per heavy atom. The lowest BCUT2D eigenvalue weighted by atomic mass is 10.1. The van der Waals surface area contributed by atoms with E-state index in [0.717, 1.165) is 17.5 Å². The van der Waals surface area contributed by atoms with Crippen molar-refractivity contribution in [2.45, 2.75) is 32.1 Å². The highest BCUT2D eigenvalue weighted by Crippen LogP contribution is 2.42. The summed E-state index contributed by atoms with van der Waals surface area (Å²) < 4.78 is 10.6. The maximum Gasteiger partial charge on any atom is 0.408 e. The average Bonchev–Trinajstić information content (AvgIpc) is 3.53. The molecule has 1 saturated carbocycles. The van der Waals surface area contributed by atoms with Crippen LogP contribution in [0.5, 0.6) is 0 Å². The molecule has 3 rings (SSSR count). The molecule has 1 N–H and O–H groups in total. The predicted octanol–water partition coefficient (Wildman–Crippen LogP) is 4.36. The summed E-state index contributed by atoms with van der Waals surface area (Å²) in [7, 11) is 0. The van der Waals surface area contributed by atoms with Gasteiger partial charge in [0.2, 0.25) is 0 Å². The van der Waals surface area contributed by atoms with Crippen molar-refractivity contribution in [2.75, 3.05) is 6.54 Å². The quantitative estimate of drug-likeness (QED) is 0.272. The first-order chi connectivity index (χ1) is 14.7. The van der Waals surface area contributed by atoms with Gasteiger partial charge in [-0.3, -0.25) is 0 Å². The number of nitrogens with one attached hydrogen (secondary N) is 1. The molecule has 0 radical (unpaired) electrons. The number of ether oxygens (including phenoxy) is 2. The second-order valence-electron chi connectivity index (χ2n) is 7.26. The number of alkyl carbamates (subject to hydrolysis) is 1. The van der Waals surface area contributed by atoms with E-state index in [2.05, 4.69) is 15.3 Å². The van der Waals surface area contributed by atoms with Crippen molar-refractivity contribution >= 4 is 12.1 Å². The van der Waals surface area contributed by atoms with Crippen molar-refractivity contribution in [2.24, 2.45) is 17.0 Å². The van der Waals surface area contributed by atoms with E-state index in [1.54, 1.807) is 0 Å². The summed E-state index contributed by atoms with van der Waals surface area (Å²) >= 11 is 0. The van der Waals surface area contributed by atoms with Crippen LogP contribution in [0, 0.1) is 11.8 Å². The van der Waals surface area contributed by atoms with Crippen molar-refractivity contribution < 1.29 is 19.1 Å². The Labute approximate surface area is 174 Å². The standard InChI is InChI=1S/C22H24N4O4/c23-26-24-13-19-11-18(19)12-20(21(27)29-14-16-7-3-1-4-8-16)25-22(28)30-15-17-9-5-2-6-10-17/h1-10,18-20H,11-15H2,(H,25,28)/t18-,19-,20-/m0/s1. The van der Waals surface area contributed by atoms with E-state index in [1.165, 1.54) is 0 Å². The van der Waals surface area contributed by atoms with Crippen LogP contribution in [-0.4, -0.2) is 24.6 Å². The number of hydrogen-bond acceptors (Lipinski definition) is 5. The number of benzene rings is 2. The number of hydrogen-bond donors (Lipinski definition) is 1. The highest BCUT2D eigenvalue weighted by atomic mass is 16.6. The third-order valence-electron chi connectivity index (χ3n) is 5.00. The van der Waals surface area contributed by atoms with Crippen LogP contribution < -0.4 is 5.32 Å². The summed E-state index contributed by atoms with van der Waals surface area (Å²) in [6.45, 7) is 0.635. The van der Waals surface area contributed by atoms with Gasteiger partial charge in [-0.05, 0) is 41.3 Å². The number of carbonyl (C=O) groups excluding carboxylic acids is 2. The van der Waals surface area contributed by atoms with Gasteiger partial charge in [-0.1, -0.05) is 65.8 Å². The number of nitrogens with zero attached hydrogens (tertiary/aromatic N) is 3. The first-order valence-corrected chi connectivity index (χ1v) is 9.84. The van der Waals surface area contributed by atoms with E-state index < -0.39 is 18.1 Å². The van der Waals surface area contributed by atoms with Gasteiger partial charge in [0.25, 0.3) is 0 Å². The Hall–Kier alpha value is -3.51. The zero-order valence-corrected chi connectivity index (χ0v) is 16.5. The minimum Gasteiger partial charge on any atom is -0.459 e. The topological polar surface area (TPSA) is 113 Å². The van der Waals surface area contributed by atoms with E-state index >= 15 is 0 Å². The molecular formula is C22H24N4O4. The SMILES string of the molecule is [N-]=[N+]=NC[C@@H]1C[C@H]1C[C@H](NC(=O)OCc1ccccc1)C(=O)OCc1ccccc1. The molecule has 1 fully saturated rings. The first kappa shape index (κ1) is 21.2. The fourth-order valence-corrected chi connectivity index (χ4v) is 3.22. The number of esters is 1. The highest BCUT2D eigenvalue weighted by Gasteiger charge is 2.40. The van der Waals surface area contributed by atoms with E-state index in [4.69, 9.17) is 15.0 Å². The maximum atomic E-state index is 12.6. The minimum atomic E-state index is -0.821. The third-order valence-corrected chi connectivity index (χ3v) is 5.00. The predicted molar refractivity (Wildman–Crippen MR) is 110 cm³/mol. The minimum absolute atomic E-state index is 0.112. The maximum absolute atomic E-state index is 12.6. The summed E-state index contributed by atoms with van der Waals surface area (Å²) in [5.74, 6) is -0.0865. The van der Waals surface area contributed by atoms with E-state index in [-0.39, 0.29) is 25.0 Å². The molecule has 30 heavy (non-hydrogen) atoms.